The van der Waals surface area contributed by atoms with Gasteiger partial charge in [0.15, 0.2) is 16.6 Å². The van der Waals surface area contributed by atoms with Gasteiger partial charge in [-0.2, -0.15) is 0 Å². The van der Waals surface area contributed by atoms with E-state index in [0.717, 1.165) is 16.8 Å². The molecule has 1 heterocycles. The van der Waals surface area contributed by atoms with Crippen LogP contribution in [0.3, 0.4) is 0 Å². The van der Waals surface area contributed by atoms with Gasteiger partial charge in [-0.25, -0.2) is 9.78 Å². The summed E-state index contributed by atoms with van der Waals surface area (Å²) in [6.45, 7) is 5.40. The normalized spacial score (nSPS) is 10.5. The van der Waals surface area contributed by atoms with Crippen molar-refractivity contribution in [2.24, 2.45) is 0 Å². The van der Waals surface area contributed by atoms with Gasteiger partial charge in [-0.1, -0.05) is 12.1 Å². The molecular weight excluding hydrogens is 444 g/mol. The van der Waals surface area contributed by atoms with Gasteiger partial charge in [-0.3, -0.25) is 9.69 Å². The fraction of sp³-hybridized carbons (Fsp3) is 0.292. The van der Waals surface area contributed by atoms with Crippen LogP contribution in [-0.4, -0.2) is 38.2 Å². The van der Waals surface area contributed by atoms with Crippen LogP contribution in [0.15, 0.2) is 35.7 Å². The molecule has 0 bridgehead atoms. The third-order valence-electron chi connectivity index (χ3n) is 5.11. The third kappa shape index (κ3) is 5.09. The first kappa shape index (κ1) is 24.1. The summed E-state index contributed by atoms with van der Waals surface area (Å²) in [5.74, 6) is 0.368. The summed E-state index contributed by atoms with van der Waals surface area (Å²) in [5.41, 5.74) is 3.64. The van der Waals surface area contributed by atoms with Crippen LogP contribution in [-0.2, 0) is 16.1 Å². The standard InChI is InChI=1S/C24H26N2O6S/c1-14-8-7-9-19(15(14)2)26(16(3)27)24-25-18(13-33-24)12-32-23(28)17-10-20(29-4)22(31-6)21(11-17)30-5/h7-11,13H,12H2,1-6H3. The molecule has 0 N–H and O–H groups in total. The Morgan fingerprint density at radius 3 is 2.27 bits per heavy atom. The molecule has 0 aliphatic carbocycles. The molecule has 1 amide bonds. The van der Waals surface area contributed by atoms with Crippen molar-refractivity contribution in [2.75, 3.05) is 26.2 Å². The minimum Gasteiger partial charge on any atom is -0.493 e. The highest BCUT2D eigenvalue weighted by Crippen LogP contribution is 2.38. The first-order valence-corrected chi connectivity index (χ1v) is 11.0. The number of amides is 1. The summed E-state index contributed by atoms with van der Waals surface area (Å²) in [5, 5.41) is 2.27. The van der Waals surface area contributed by atoms with Gasteiger partial charge in [-0.15, -0.1) is 11.3 Å². The Morgan fingerprint density at radius 2 is 1.70 bits per heavy atom. The molecule has 0 fully saturated rings. The molecule has 0 atom stereocenters. The molecule has 0 saturated carbocycles. The van der Waals surface area contributed by atoms with E-state index in [1.54, 1.807) is 10.3 Å². The van der Waals surface area contributed by atoms with Crippen molar-refractivity contribution in [2.45, 2.75) is 27.4 Å². The van der Waals surface area contributed by atoms with Gasteiger partial charge < -0.3 is 18.9 Å². The Morgan fingerprint density at radius 1 is 1.03 bits per heavy atom. The molecule has 0 aliphatic heterocycles. The van der Waals surface area contributed by atoms with Crippen molar-refractivity contribution in [3.8, 4) is 17.2 Å². The van der Waals surface area contributed by atoms with Crippen molar-refractivity contribution in [3.05, 3.63) is 58.1 Å². The van der Waals surface area contributed by atoms with Crippen LogP contribution in [0.2, 0.25) is 0 Å². The molecule has 0 unspecified atom stereocenters. The van der Waals surface area contributed by atoms with Crippen LogP contribution >= 0.6 is 11.3 Å². The zero-order chi connectivity index (χ0) is 24.1. The topological polar surface area (TPSA) is 87.2 Å². The second-order valence-corrected chi connectivity index (χ2v) is 8.02. The highest BCUT2D eigenvalue weighted by Gasteiger charge is 2.21. The Balaban J connectivity index is 1.79. The van der Waals surface area contributed by atoms with Crippen molar-refractivity contribution in [1.82, 2.24) is 4.98 Å². The predicted molar refractivity (Wildman–Crippen MR) is 126 cm³/mol. The van der Waals surface area contributed by atoms with Crippen molar-refractivity contribution in [1.29, 1.82) is 0 Å². The Hall–Kier alpha value is -3.59. The molecule has 8 nitrogen and oxygen atoms in total. The average Bonchev–Trinajstić information content (AvgIpc) is 3.27. The van der Waals surface area contributed by atoms with Crippen LogP contribution in [0.4, 0.5) is 10.8 Å². The number of anilines is 2. The van der Waals surface area contributed by atoms with Crippen LogP contribution < -0.4 is 19.1 Å². The number of aryl methyl sites for hydroxylation is 1. The maximum atomic E-state index is 12.6. The fourth-order valence-electron chi connectivity index (χ4n) is 3.27. The molecule has 0 spiro atoms. The van der Waals surface area contributed by atoms with Gasteiger partial charge >= 0.3 is 5.97 Å². The second kappa shape index (κ2) is 10.4. The summed E-state index contributed by atoms with van der Waals surface area (Å²) in [7, 11) is 4.43. The summed E-state index contributed by atoms with van der Waals surface area (Å²) >= 11 is 1.31. The van der Waals surface area contributed by atoms with Crippen LogP contribution in [0, 0.1) is 13.8 Å². The summed E-state index contributed by atoms with van der Waals surface area (Å²) in [4.78, 5) is 31.1. The molecule has 2 aromatic carbocycles. The number of methoxy groups -OCH3 is 3. The summed E-state index contributed by atoms with van der Waals surface area (Å²) < 4.78 is 21.3. The second-order valence-electron chi connectivity index (χ2n) is 7.19. The lowest BCUT2D eigenvalue weighted by atomic mass is 10.1. The van der Waals surface area contributed by atoms with Gasteiger partial charge in [0.2, 0.25) is 11.7 Å². The number of ether oxygens (including phenoxy) is 4. The number of esters is 1. The van der Waals surface area contributed by atoms with Crippen LogP contribution in [0.1, 0.15) is 34.1 Å². The van der Waals surface area contributed by atoms with Gasteiger partial charge in [0.05, 0.1) is 38.3 Å². The minimum absolute atomic E-state index is 0.0511. The highest BCUT2D eigenvalue weighted by atomic mass is 32.1. The van der Waals surface area contributed by atoms with E-state index in [1.807, 2.05) is 32.0 Å². The number of carbonyl (C=O) groups excluding carboxylic acids is 2. The van der Waals surface area contributed by atoms with Gasteiger partial charge in [0.25, 0.3) is 0 Å². The first-order valence-electron chi connectivity index (χ1n) is 10.1. The molecule has 0 aliphatic rings. The number of aromatic nitrogens is 1. The summed E-state index contributed by atoms with van der Waals surface area (Å²) in [6, 6.07) is 8.83. The lowest BCUT2D eigenvalue weighted by Gasteiger charge is -2.21. The minimum atomic E-state index is -0.568. The van der Waals surface area contributed by atoms with E-state index in [9.17, 15) is 9.59 Å². The zero-order valence-electron chi connectivity index (χ0n) is 19.4. The van der Waals surface area contributed by atoms with Crippen LogP contribution in [0.5, 0.6) is 17.2 Å². The maximum absolute atomic E-state index is 12.6. The van der Waals surface area contributed by atoms with Gasteiger partial charge in [-0.05, 0) is 43.2 Å². The Kier molecular flexibility index (Phi) is 7.55. The lowest BCUT2D eigenvalue weighted by molar-refractivity contribution is -0.115. The molecule has 3 aromatic rings. The number of rotatable bonds is 8. The number of nitrogens with zero attached hydrogens (tertiary/aromatic N) is 2. The third-order valence-corrected chi connectivity index (χ3v) is 5.99. The number of thiazole rings is 1. The largest absolute Gasteiger partial charge is 0.493 e. The van der Waals surface area contributed by atoms with E-state index in [4.69, 9.17) is 18.9 Å². The van der Waals surface area contributed by atoms with Crippen molar-refractivity contribution >= 4 is 34.0 Å². The first-order chi connectivity index (χ1) is 15.8. The Labute approximate surface area is 196 Å². The number of hydrogen-bond donors (Lipinski definition) is 0. The lowest BCUT2D eigenvalue weighted by Crippen LogP contribution is -2.23. The quantitative estimate of drug-likeness (QED) is 0.436. The molecule has 1 aromatic heterocycles. The molecule has 3 rings (SSSR count). The molecular formula is C24H26N2O6S. The fourth-order valence-corrected chi connectivity index (χ4v) is 4.14. The predicted octanol–water partition coefficient (Wildman–Crippen LogP) is 4.83. The number of carbonyl (C=O) groups is 2. The zero-order valence-corrected chi connectivity index (χ0v) is 20.2. The molecule has 174 valence electrons. The van der Waals surface area contributed by atoms with E-state index in [1.165, 1.54) is 51.7 Å². The maximum Gasteiger partial charge on any atom is 0.338 e. The van der Waals surface area contributed by atoms with E-state index in [0.29, 0.717) is 28.1 Å². The van der Waals surface area contributed by atoms with E-state index in [-0.39, 0.29) is 18.1 Å². The highest BCUT2D eigenvalue weighted by molar-refractivity contribution is 7.14. The van der Waals surface area contributed by atoms with Crippen molar-refractivity contribution in [3.63, 3.8) is 0 Å². The van der Waals surface area contributed by atoms with Gasteiger partial charge in [0.1, 0.15) is 6.61 Å². The van der Waals surface area contributed by atoms with E-state index >= 15 is 0 Å². The summed E-state index contributed by atoms with van der Waals surface area (Å²) in [6.07, 6.45) is 0. The monoisotopic (exact) mass is 470 g/mol. The average molecular weight is 471 g/mol. The Bertz CT molecular complexity index is 1150. The number of benzene rings is 2. The molecule has 0 saturated heterocycles. The van der Waals surface area contributed by atoms with Crippen LogP contribution in [0.25, 0.3) is 0 Å². The smallest absolute Gasteiger partial charge is 0.338 e. The molecule has 0 radical (unpaired) electrons. The van der Waals surface area contributed by atoms with Crippen molar-refractivity contribution < 1.29 is 28.5 Å². The molecule has 33 heavy (non-hydrogen) atoms. The number of hydrogen-bond acceptors (Lipinski definition) is 8. The molecule has 9 heteroatoms. The van der Waals surface area contributed by atoms with E-state index < -0.39 is 5.97 Å². The SMILES string of the molecule is COc1cc(C(=O)OCc2csc(N(C(C)=O)c3cccc(C)c3C)n2)cc(OC)c1OC. The van der Waals surface area contributed by atoms with E-state index in [2.05, 4.69) is 4.98 Å². The van der Waals surface area contributed by atoms with Gasteiger partial charge in [0, 0.05) is 12.3 Å².